The Bertz CT molecular complexity index is 559. The summed E-state index contributed by atoms with van der Waals surface area (Å²) in [6.07, 6.45) is 0. The summed E-state index contributed by atoms with van der Waals surface area (Å²) in [5.41, 5.74) is 1.11. The van der Waals surface area contributed by atoms with Crippen LogP contribution >= 0.6 is 0 Å². The second-order valence-corrected chi connectivity index (χ2v) is 8.11. The molecular weight excluding hydrogens is 286 g/mol. The van der Waals surface area contributed by atoms with Gasteiger partial charge in [-0.2, -0.15) is 4.31 Å². The fourth-order valence-electron chi connectivity index (χ4n) is 2.75. The van der Waals surface area contributed by atoms with E-state index in [0.717, 1.165) is 12.1 Å². The summed E-state index contributed by atoms with van der Waals surface area (Å²) in [6.45, 7) is 5.87. The smallest absolute Gasteiger partial charge is 0.243 e. The molecule has 1 aliphatic rings. The van der Waals surface area contributed by atoms with Gasteiger partial charge in [0.15, 0.2) is 0 Å². The Labute approximate surface area is 128 Å². The van der Waals surface area contributed by atoms with Crippen LogP contribution < -0.4 is 5.32 Å². The molecular formula is C15H25N3O2S. The van der Waals surface area contributed by atoms with Crippen LogP contribution in [0.1, 0.15) is 19.4 Å². The Kier molecular flexibility index (Phi) is 5.03. The van der Waals surface area contributed by atoms with Crippen molar-refractivity contribution in [2.75, 3.05) is 27.2 Å². The summed E-state index contributed by atoms with van der Waals surface area (Å²) in [6, 6.07) is 7.56. The molecule has 0 amide bonds. The van der Waals surface area contributed by atoms with Crippen molar-refractivity contribution in [3.05, 3.63) is 29.8 Å². The summed E-state index contributed by atoms with van der Waals surface area (Å²) in [5.74, 6) is 0. The molecule has 2 unspecified atom stereocenters. The molecule has 118 valence electrons. The normalized spacial score (nSPS) is 24.4. The zero-order chi connectivity index (χ0) is 15.6. The number of sulfonamides is 1. The van der Waals surface area contributed by atoms with Crippen LogP contribution in [0.2, 0.25) is 0 Å². The predicted molar refractivity (Wildman–Crippen MR) is 84.7 cm³/mol. The maximum atomic E-state index is 12.7. The molecule has 1 aliphatic heterocycles. The Hall–Kier alpha value is -0.950. The van der Waals surface area contributed by atoms with Gasteiger partial charge in [0.25, 0.3) is 0 Å². The molecule has 1 aromatic carbocycles. The van der Waals surface area contributed by atoms with Gasteiger partial charge >= 0.3 is 0 Å². The molecule has 0 aliphatic carbocycles. The van der Waals surface area contributed by atoms with Gasteiger partial charge in [0, 0.05) is 31.7 Å². The number of rotatable bonds is 4. The van der Waals surface area contributed by atoms with E-state index >= 15 is 0 Å². The highest BCUT2D eigenvalue weighted by Crippen LogP contribution is 2.19. The molecule has 0 spiro atoms. The van der Waals surface area contributed by atoms with Crippen LogP contribution in [-0.2, 0) is 16.6 Å². The predicted octanol–water partition coefficient (Wildman–Crippen LogP) is 1.12. The van der Waals surface area contributed by atoms with Crippen molar-refractivity contribution in [3.8, 4) is 0 Å². The van der Waals surface area contributed by atoms with Crippen molar-refractivity contribution in [3.63, 3.8) is 0 Å². The highest BCUT2D eigenvalue weighted by Gasteiger charge is 2.31. The lowest BCUT2D eigenvalue weighted by atomic mass is 10.2. The molecule has 2 rings (SSSR count). The quantitative estimate of drug-likeness (QED) is 0.905. The lowest BCUT2D eigenvalue weighted by Crippen LogP contribution is -2.55. The van der Waals surface area contributed by atoms with Crippen LogP contribution in [0.3, 0.4) is 0 Å². The molecule has 1 fully saturated rings. The molecule has 0 bridgehead atoms. The topological polar surface area (TPSA) is 52.7 Å². The second kappa shape index (κ2) is 6.44. The van der Waals surface area contributed by atoms with E-state index in [1.54, 1.807) is 16.4 Å². The SMILES string of the molecule is CC1CN(S(=O)(=O)c2ccc(CN(C)C)cc2)CC(C)N1. The van der Waals surface area contributed by atoms with Crippen LogP contribution in [0.15, 0.2) is 29.2 Å². The molecule has 0 radical (unpaired) electrons. The maximum Gasteiger partial charge on any atom is 0.243 e. The zero-order valence-corrected chi connectivity index (χ0v) is 14.0. The Balaban J connectivity index is 2.19. The van der Waals surface area contributed by atoms with E-state index in [1.807, 2.05) is 40.1 Å². The first-order valence-electron chi connectivity index (χ1n) is 7.29. The monoisotopic (exact) mass is 311 g/mol. The van der Waals surface area contributed by atoms with Crippen LogP contribution in [0.5, 0.6) is 0 Å². The van der Waals surface area contributed by atoms with Crippen molar-refractivity contribution in [1.29, 1.82) is 0 Å². The Morgan fingerprint density at radius 1 is 1.14 bits per heavy atom. The summed E-state index contributed by atoms with van der Waals surface area (Å²) >= 11 is 0. The maximum absolute atomic E-state index is 12.7. The number of benzene rings is 1. The van der Waals surface area contributed by atoms with Gasteiger partial charge in [-0.15, -0.1) is 0 Å². The van der Waals surface area contributed by atoms with E-state index < -0.39 is 10.0 Å². The van der Waals surface area contributed by atoms with E-state index in [0.29, 0.717) is 18.0 Å². The van der Waals surface area contributed by atoms with Crippen LogP contribution in [0.25, 0.3) is 0 Å². The van der Waals surface area contributed by atoms with Crippen molar-refractivity contribution < 1.29 is 8.42 Å². The van der Waals surface area contributed by atoms with Gasteiger partial charge in [0.2, 0.25) is 10.0 Å². The third-order valence-corrected chi connectivity index (χ3v) is 5.43. The largest absolute Gasteiger partial charge is 0.309 e. The molecule has 1 N–H and O–H groups in total. The molecule has 0 saturated carbocycles. The number of hydrogen-bond donors (Lipinski definition) is 1. The first kappa shape index (κ1) is 16.4. The Morgan fingerprint density at radius 3 is 2.14 bits per heavy atom. The van der Waals surface area contributed by atoms with E-state index in [4.69, 9.17) is 0 Å². The minimum atomic E-state index is -3.39. The van der Waals surface area contributed by atoms with Crippen molar-refractivity contribution in [2.45, 2.75) is 37.4 Å². The van der Waals surface area contributed by atoms with Crippen molar-refractivity contribution in [1.82, 2.24) is 14.5 Å². The molecule has 1 aromatic rings. The molecule has 0 aromatic heterocycles. The Morgan fingerprint density at radius 2 is 1.67 bits per heavy atom. The summed E-state index contributed by atoms with van der Waals surface area (Å²) in [4.78, 5) is 2.44. The molecule has 6 heteroatoms. The second-order valence-electron chi connectivity index (χ2n) is 6.17. The van der Waals surface area contributed by atoms with Gasteiger partial charge in [-0.25, -0.2) is 8.42 Å². The number of piperazine rings is 1. The number of nitrogens with zero attached hydrogens (tertiary/aromatic N) is 2. The molecule has 21 heavy (non-hydrogen) atoms. The average molecular weight is 311 g/mol. The standard InChI is InChI=1S/C15H25N3O2S/c1-12-9-18(10-13(2)16-12)21(19,20)15-7-5-14(6-8-15)11-17(3)4/h5-8,12-13,16H,9-11H2,1-4H3. The first-order valence-corrected chi connectivity index (χ1v) is 8.73. The highest BCUT2D eigenvalue weighted by atomic mass is 32.2. The van der Waals surface area contributed by atoms with Crippen LogP contribution in [0.4, 0.5) is 0 Å². The van der Waals surface area contributed by atoms with Gasteiger partial charge in [0.05, 0.1) is 4.90 Å². The first-order chi connectivity index (χ1) is 9.79. The summed E-state index contributed by atoms with van der Waals surface area (Å²) < 4.78 is 27.0. The van der Waals surface area contributed by atoms with Gasteiger partial charge in [0.1, 0.15) is 0 Å². The van der Waals surface area contributed by atoms with E-state index in [2.05, 4.69) is 10.2 Å². The van der Waals surface area contributed by atoms with E-state index in [1.165, 1.54) is 0 Å². The molecule has 5 nitrogen and oxygen atoms in total. The lowest BCUT2D eigenvalue weighted by Gasteiger charge is -2.35. The van der Waals surface area contributed by atoms with Crippen molar-refractivity contribution in [2.24, 2.45) is 0 Å². The van der Waals surface area contributed by atoms with E-state index in [9.17, 15) is 8.42 Å². The molecule has 2 atom stereocenters. The third-order valence-electron chi connectivity index (χ3n) is 3.58. The van der Waals surface area contributed by atoms with Gasteiger partial charge < -0.3 is 10.2 Å². The molecule has 1 saturated heterocycles. The fraction of sp³-hybridized carbons (Fsp3) is 0.600. The van der Waals surface area contributed by atoms with E-state index in [-0.39, 0.29) is 12.1 Å². The van der Waals surface area contributed by atoms with Crippen LogP contribution in [0, 0.1) is 0 Å². The number of hydrogen-bond acceptors (Lipinski definition) is 4. The summed E-state index contributed by atoms with van der Waals surface area (Å²) in [5, 5.41) is 3.35. The van der Waals surface area contributed by atoms with Crippen molar-refractivity contribution >= 4 is 10.0 Å². The summed E-state index contributed by atoms with van der Waals surface area (Å²) in [7, 11) is 0.595. The third kappa shape index (κ3) is 4.03. The minimum Gasteiger partial charge on any atom is -0.309 e. The van der Waals surface area contributed by atoms with Gasteiger partial charge in [-0.1, -0.05) is 12.1 Å². The molecule has 1 heterocycles. The number of nitrogens with one attached hydrogen (secondary N) is 1. The van der Waals surface area contributed by atoms with Crippen LogP contribution in [-0.4, -0.2) is 56.9 Å². The fourth-order valence-corrected chi connectivity index (χ4v) is 4.37. The van der Waals surface area contributed by atoms with Gasteiger partial charge in [-0.3, -0.25) is 0 Å². The minimum absolute atomic E-state index is 0.177. The zero-order valence-electron chi connectivity index (χ0n) is 13.2. The highest BCUT2D eigenvalue weighted by molar-refractivity contribution is 7.89. The van der Waals surface area contributed by atoms with Gasteiger partial charge in [-0.05, 0) is 45.6 Å². The average Bonchev–Trinajstić information content (AvgIpc) is 2.37. The lowest BCUT2D eigenvalue weighted by molar-refractivity contribution is 0.263.